The molecule has 0 spiro atoms. The monoisotopic (exact) mass is 305 g/mol. The fourth-order valence-electron chi connectivity index (χ4n) is 1.64. The fourth-order valence-corrected chi connectivity index (χ4v) is 2.36. The van der Waals surface area contributed by atoms with Crippen molar-refractivity contribution in [2.75, 3.05) is 5.32 Å². The molecular weight excluding hydrogens is 298 g/mol. The van der Waals surface area contributed by atoms with Crippen molar-refractivity contribution in [2.24, 2.45) is 0 Å². The van der Waals surface area contributed by atoms with Gasteiger partial charge in [0.15, 0.2) is 5.76 Å². The summed E-state index contributed by atoms with van der Waals surface area (Å²) >= 11 is 6.96. The van der Waals surface area contributed by atoms with Crippen LogP contribution in [0.15, 0.2) is 47.1 Å². The molecule has 3 aromatic rings. The molecule has 1 amide bonds. The van der Waals surface area contributed by atoms with Gasteiger partial charge >= 0.3 is 0 Å². The summed E-state index contributed by atoms with van der Waals surface area (Å²) in [6.07, 6.45) is 1.44. The number of benzene rings is 1. The van der Waals surface area contributed by atoms with Gasteiger partial charge < -0.3 is 9.73 Å². The van der Waals surface area contributed by atoms with Gasteiger partial charge in [-0.2, -0.15) is 0 Å². The van der Waals surface area contributed by atoms with Crippen LogP contribution >= 0.6 is 23.1 Å². The maximum absolute atomic E-state index is 11.9. The molecule has 0 bridgehead atoms. The Kier molecular flexibility index (Phi) is 3.49. The molecule has 0 aliphatic rings. The molecule has 20 heavy (non-hydrogen) atoms. The number of amides is 1. The number of anilines is 1. The summed E-state index contributed by atoms with van der Waals surface area (Å²) < 4.78 is 8.91. The van der Waals surface area contributed by atoms with Gasteiger partial charge in [0.05, 0.1) is 6.26 Å². The highest BCUT2D eigenvalue weighted by atomic mass is 35.5. The first-order chi connectivity index (χ1) is 9.74. The third-order valence-corrected chi connectivity index (χ3v) is 3.47. The van der Waals surface area contributed by atoms with Gasteiger partial charge in [-0.3, -0.25) is 4.79 Å². The van der Waals surface area contributed by atoms with Crippen LogP contribution in [0.5, 0.6) is 0 Å². The van der Waals surface area contributed by atoms with E-state index < -0.39 is 0 Å². The van der Waals surface area contributed by atoms with Gasteiger partial charge in [-0.15, -0.1) is 5.10 Å². The third kappa shape index (κ3) is 2.56. The van der Waals surface area contributed by atoms with Crippen molar-refractivity contribution in [3.05, 3.63) is 53.4 Å². The van der Waals surface area contributed by atoms with Crippen LogP contribution in [0.25, 0.3) is 11.3 Å². The fraction of sp³-hybridized carbons (Fsp3) is 0. The lowest BCUT2D eigenvalue weighted by molar-refractivity contribution is 0.0997. The van der Waals surface area contributed by atoms with E-state index >= 15 is 0 Å². The van der Waals surface area contributed by atoms with Crippen molar-refractivity contribution in [1.29, 1.82) is 0 Å². The summed E-state index contributed by atoms with van der Waals surface area (Å²) in [7, 11) is 0. The van der Waals surface area contributed by atoms with E-state index in [0.29, 0.717) is 15.7 Å². The molecule has 0 saturated heterocycles. The molecule has 100 valence electrons. The van der Waals surface area contributed by atoms with Crippen LogP contribution in [-0.4, -0.2) is 15.5 Å². The quantitative estimate of drug-likeness (QED) is 0.801. The number of aromatic nitrogens is 2. The Morgan fingerprint density at radius 3 is 2.75 bits per heavy atom. The van der Waals surface area contributed by atoms with Crippen molar-refractivity contribution < 1.29 is 9.21 Å². The highest BCUT2D eigenvalue weighted by Crippen LogP contribution is 2.29. The predicted molar refractivity (Wildman–Crippen MR) is 77.0 cm³/mol. The van der Waals surface area contributed by atoms with Crippen LogP contribution in [0.2, 0.25) is 5.02 Å². The number of furan rings is 1. The lowest BCUT2D eigenvalue weighted by atomic mass is 10.2. The van der Waals surface area contributed by atoms with Crippen molar-refractivity contribution in [3.8, 4) is 11.3 Å². The van der Waals surface area contributed by atoms with Crippen molar-refractivity contribution in [3.63, 3.8) is 0 Å². The predicted octanol–water partition coefficient (Wildman–Crippen LogP) is 3.70. The summed E-state index contributed by atoms with van der Waals surface area (Å²) in [5, 5.41) is 7.97. The van der Waals surface area contributed by atoms with Crippen LogP contribution < -0.4 is 5.32 Å². The van der Waals surface area contributed by atoms with Crippen LogP contribution in [0.4, 0.5) is 5.00 Å². The molecule has 0 aliphatic heterocycles. The molecule has 7 heteroatoms. The second kappa shape index (κ2) is 5.44. The van der Waals surface area contributed by atoms with Crippen molar-refractivity contribution in [2.45, 2.75) is 0 Å². The number of halogens is 1. The first kappa shape index (κ1) is 12.8. The molecule has 3 rings (SSSR count). The zero-order valence-electron chi connectivity index (χ0n) is 10.0. The second-order valence-electron chi connectivity index (χ2n) is 3.89. The van der Waals surface area contributed by atoms with E-state index in [-0.39, 0.29) is 11.7 Å². The van der Waals surface area contributed by atoms with Gasteiger partial charge in [0.25, 0.3) is 5.91 Å². The summed E-state index contributed by atoms with van der Waals surface area (Å²) in [6, 6.07) is 10.4. The standard InChI is InChI=1S/C13H8ClN3O2S/c14-9-5-3-8(4-6-9)11-13(20-17-16-11)15-12(18)10-2-1-7-19-10/h1-7H,(H,15,18). The molecular formula is C13H8ClN3O2S. The van der Waals surface area contributed by atoms with E-state index in [1.54, 1.807) is 24.3 Å². The summed E-state index contributed by atoms with van der Waals surface area (Å²) in [6.45, 7) is 0. The first-order valence-corrected chi connectivity index (χ1v) is 6.82. The minimum atomic E-state index is -0.337. The summed E-state index contributed by atoms with van der Waals surface area (Å²) in [5.41, 5.74) is 1.43. The largest absolute Gasteiger partial charge is 0.459 e. The number of hydrogen-bond donors (Lipinski definition) is 1. The van der Waals surface area contributed by atoms with Gasteiger partial charge in [-0.25, -0.2) is 0 Å². The molecule has 1 N–H and O–H groups in total. The average molecular weight is 306 g/mol. The highest BCUT2D eigenvalue weighted by Gasteiger charge is 2.15. The van der Waals surface area contributed by atoms with Crippen LogP contribution in [0, 0.1) is 0 Å². The first-order valence-electron chi connectivity index (χ1n) is 5.67. The molecule has 5 nitrogen and oxygen atoms in total. The van der Waals surface area contributed by atoms with Crippen molar-refractivity contribution >= 4 is 34.0 Å². The molecule has 0 atom stereocenters. The molecule has 0 fully saturated rings. The van der Waals surface area contributed by atoms with Gasteiger partial charge in [0.1, 0.15) is 10.7 Å². The molecule has 2 aromatic heterocycles. The van der Waals surface area contributed by atoms with Gasteiger partial charge in [0.2, 0.25) is 0 Å². The Bertz CT molecular complexity index is 722. The number of hydrogen-bond acceptors (Lipinski definition) is 5. The SMILES string of the molecule is O=C(Nc1snnc1-c1ccc(Cl)cc1)c1ccco1. The molecule has 0 unspecified atom stereocenters. The minimum absolute atomic E-state index is 0.237. The number of nitrogens with zero attached hydrogens (tertiary/aromatic N) is 2. The Morgan fingerprint density at radius 1 is 1.25 bits per heavy atom. The van der Waals surface area contributed by atoms with Gasteiger partial charge in [-0.1, -0.05) is 28.2 Å². The lowest BCUT2D eigenvalue weighted by Gasteiger charge is -2.02. The molecule has 1 aromatic carbocycles. The number of carbonyl (C=O) groups is 1. The zero-order chi connectivity index (χ0) is 13.9. The molecule has 0 saturated carbocycles. The number of carbonyl (C=O) groups excluding carboxylic acids is 1. The normalized spacial score (nSPS) is 10.4. The maximum atomic E-state index is 11.9. The van der Waals surface area contributed by atoms with E-state index in [9.17, 15) is 4.79 Å². The van der Waals surface area contributed by atoms with E-state index in [2.05, 4.69) is 14.9 Å². The van der Waals surface area contributed by atoms with Crippen LogP contribution in [-0.2, 0) is 0 Å². The Hall–Kier alpha value is -2.18. The van der Waals surface area contributed by atoms with E-state index in [1.165, 1.54) is 6.26 Å². The second-order valence-corrected chi connectivity index (χ2v) is 5.08. The van der Waals surface area contributed by atoms with E-state index in [4.69, 9.17) is 16.0 Å². The topological polar surface area (TPSA) is 68.0 Å². The Labute approximate surface area is 123 Å². The number of nitrogens with one attached hydrogen (secondary N) is 1. The average Bonchev–Trinajstić information content (AvgIpc) is 3.10. The zero-order valence-corrected chi connectivity index (χ0v) is 11.6. The molecule has 0 radical (unpaired) electrons. The smallest absolute Gasteiger partial charge is 0.292 e. The minimum Gasteiger partial charge on any atom is -0.459 e. The van der Waals surface area contributed by atoms with Gasteiger partial charge in [-0.05, 0) is 24.3 Å². The van der Waals surface area contributed by atoms with Crippen molar-refractivity contribution in [1.82, 2.24) is 9.59 Å². The van der Waals surface area contributed by atoms with E-state index in [1.807, 2.05) is 12.1 Å². The van der Waals surface area contributed by atoms with Crippen LogP contribution in [0.3, 0.4) is 0 Å². The maximum Gasteiger partial charge on any atom is 0.292 e. The Balaban J connectivity index is 1.87. The van der Waals surface area contributed by atoms with Crippen LogP contribution in [0.1, 0.15) is 10.6 Å². The Morgan fingerprint density at radius 2 is 2.05 bits per heavy atom. The lowest BCUT2D eigenvalue weighted by Crippen LogP contribution is -2.10. The summed E-state index contributed by atoms with van der Waals surface area (Å²) in [4.78, 5) is 11.9. The van der Waals surface area contributed by atoms with E-state index in [0.717, 1.165) is 17.1 Å². The molecule has 0 aliphatic carbocycles. The third-order valence-electron chi connectivity index (χ3n) is 2.58. The summed E-state index contributed by atoms with van der Waals surface area (Å²) in [5.74, 6) is -0.100. The van der Waals surface area contributed by atoms with Gasteiger partial charge in [0, 0.05) is 22.1 Å². The number of rotatable bonds is 3. The highest BCUT2D eigenvalue weighted by molar-refractivity contribution is 7.10. The molecule has 2 heterocycles.